The molecule has 20 heavy (non-hydrogen) atoms. The lowest BCUT2D eigenvalue weighted by Crippen LogP contribution is -2.58. The van der Waals surface area contributed by atoms with Crippen LogP contribution in [0, 0.1) is 22.0 Å². The molecular weight excluding hydrogens is 256 g/mol. The van der Waals surface area contributed by atoms with Crippen LogP contribution in [0.1, 0.15) is 18.4 Å². The standard InChI is InChI=1S/C15H14N2O3/c18-17(19)15-12-8-6-10(7-9-12)13(15)20-14(16-15)11-4-2-1-3-5-11/h1-6,8,10,12-13H,7,9H2/t10-,12+,13-,15-/m1/s1. The van der Waals surface area contributed by atoms with Crippen LogP contribution in [0.15, 0.2) is 47.5 Å². The molecule has 1 saturated carbocycles. The normalized spacial score (nSPS) is 37.2. The summed E-state index contributed by atoms with van der Waals surface area (Å²) in [6.07, 6.45) is 5.31. The van der Waals surface area contributed by atoms with Crippen LogP contribution >= 0.6 is 0 Å². The third-order valence-electron chi connectivity index (χ3n) is 4.59. The maximum atomic E-state index is 11.7. The van der Waals surface area contributed by atoms with Gasteiger partial charge in [0.05, 0.1) is 10.8 Å². The van der Waals surface area contributed by atoms with Crippen LogP contribution in [-0.2, 0) is 4.74 Å². The number of hydrogen-bond donors (Lipinski definition) is 0. The first-order valence-electron chi connectivity index (χ1n) is 6.86. The Hall–Kier alpha value is -2.17. The molecule has 0 N–H and O–H groups in total. The van der Waals surface area contributed by atoms with Crippen molar-refractivity contribution in [1.29, 1.82) is 0 Å². The molecule has 1 aromatic carbocycles. The van der Waals surface area contributed by atoms with E-state index in [9.17, 15) is 10.1 Å². The van der Waals surface area contributed by atoms with Crippen LogP contribution in [0.2, 0.25) is 0 Å². The van der Waals surface area contributed by atoms with Gasteiger partial charge in [0.2, 0.25) is 5.90 Å². The molecule has 0 spiro atoms. The number of aliphatic imine (C=N–C) groups is 1. The maximum Gasteiger partial charge on any atom is 0.358 e. The number of nitrogens with zero attached hydrogens (tertiary/aromatic N) is 2. The Labute approximate surface area is 116 Å². The molecule has 0 aromatic heterocycles. The Bertz CT molecular complexity index is 625. The van der Waals surface area contributed by atoms with Gasteiger partial charge in [-0.3, -0.25) is 10.1 Å². The summed E-state index contributed by atoms with van der Waals surface area (Å²) >= 11 is 0. The molecule has 0 unspecified atom stereocenters. The van der Waals surface area contributed by atoms with E-state index in [0.29, 0.717) is 5.90 Å². The minimum Gasteiger partial charge on any atom is -0.463 e. The molecule has 1 aliphatic heterocycles. The molecule has 1 heterocycles. The number of ether oxygens (including phenoxy) is 1. The highest BCUT2D eigenvalue weighted by Gasteiger charge is 2.67. The molecule has 1 fully saturated rings. The summed E-state index contributed by atoms with van der Waals surface area (Å²) in [7, 11) is 0. The highest BCUT2D eigenvalue weighted by atomic mass is 16.6. The lowest BCUT2D eigenvalue weighted by molar-refractivity contribution is -0.590. The highest BCUT2D eigenvalue weighted by molar-refractivity contribution is 5.95. The van der Waals surface area contributed by atoms with Gasteiger partial charge in [-0.15, -0.1) is 0 Å². The number of rotatable bonds is 2. The van der Waals surface area contributed by atoms with Crippen molar-refractivity contribution < 1.29 is 9.66 Å². The van der Waals surface area contributed by atoms with Crippen LogP contribution in [0.25, 0.3) is 0 Å². The minimum absolute atomic E-state index is 0.0929. The molecule has 0 amide bonds. The van der Waals surface area contributed by atoms with Crippen LogP contribution in [0.4, 0.5) is 0 Å². The largest absolute Gasteiger partial charge is 0.463 e. The van der Waals surface area contributed by atoms with Crippen LogP contribution in [0.5, 0.6) is 0 Å². The molecular formula is C15H14N2O3. The van der Waals surface area contributed by atoms with Crippen LogP contribution < -0.4 is 0 Å². The van der Waals surface area contributed by atoms with Crippen LogP contribution in [-0.4, -0.2) is 22.6 Å². The first-order chi connectivity index (χ1) is 9.72. The zero-order valence-corrected chi connectivity index (χ0v) is 10.8. The van der Waals surface area contributed by atoms with Gasteiger partial charge < -0.3 is 4.74 Å². The van der Waals surface area contributed by atoms with Crippen molar-refractivity contribution in [1.82, 2.24) is 0 Å². The number of hydrogen-bond acceptors (Lipinski definition) is 4. The molecule has 0 saturated heterocycles. The molecule has 2 bridgehead atoms. The van der Waals surface area contributed by atoms with E-state index in [4.69, 9.17) is 4.74 Å². The first kappa shape index (κ1) is 11.6. The molecule has 3 aliphatic carbocycles. The zero-order valence-electron chi connectivity index (χ0n) is 10.8. The lowest BCUT2D eigenvalue weighted by Gasteiger charge is -2.41. The summed E-state index contributed by atoms with van der Waals surface area (Å²) in [5, 5.41) is 11.7. The van der Waals surface area contributed by atoms with Crippen molar-refractivity contribution in [2.75, 3.05) is 0 Å². The molecule has 0 radical (unpaired) electrons. The van der Waals surface area contributed by atoms with Gasteiger partial charge in [0, 0.05) is 11.5 Å². The highest BCUT2D eigenvalue weighted by Crippen LogP contribution is 2.50. The van der Waals surface area contributed by atoms with Crippen molar-refractivity contribution >= 4 is 5.90 Å². The molecule has 4 aliphatic rings. The van der Waals surface area contributed by atoms with Gasteiger partial charge in [-0.1, -0.05) is 30.4 Å². The second kappa shape index (κ2) is 3.91. The minimum atomic E-state index is -1.32. The van der Waals surface area contributed by atoms with E-state index in [1.54, 1.807) is 0 Å². The average Bonchev–Trinajstić information content (AvgIpc) is 2.93. The fraction of sp³-hybridized carbons (Fsp3) is 0.400. The van der Waals surface area contributed by atoms with E-state index in [-0.39, 0.29) is 16.8 Å². The quantitative estimate of drug-likeness (QED) is 0.471. The van der Waals surface area contributed by atoms with Gasteiger partial charge in [-0.05, 0) is 25.0 Å². The summed E-state index contributed by atoms with van der Waals surface area (Å²) in [6, 6.07) is 9.42. The smallest absolute Gasteiger partial charge is 0.358 e. The molecule has 4 atom stereocenters. The van der Waals surface area contributed by atoms with Gasteiger partial charge in [0.15, 0.2) is 6.10 Å². The second-order valence-electron chi connectivity index (χ2n) is 5.59. The molecule has 5 nitrogen and oxygen atoms in total. The second-order valence-corrected chi connectivity index (χ2v) is 5.59. The third-order valence-corrected chi connectivity index (χ3v) is 4.59. The van der Waals surface area contributed by atoms with Gasteiger partial charge in [0.1, 0.15) is 0 Å². The summed E-state index contributed by atoms with van der Waals surface area (Å²) in [5.41, 5.74) is -0.509. The van der Waals surface area contributed by atoms with Gasteiger partial charge in [-0.2, -0.15) is 4.99 Å². The summed E-state index contributed by atoms with van der Waals surface area (Å²) in [4.78, 5) is 15.9. The summed E-state index contributed by atoms with van der Waals surface area (Å²) in [6.45, 7) is 0. The van der Waals surface area contributed by atoms with Crippen molar-refractivity contribution in [3.63, 3.8) is 0 Å². The Morgan fingerprint density at radius 2 is 2.05 bits per heavy atom. The summed E-state index contributed by atoms with van der Waals surface area (Å²) in [5.74, 6) is 0.344. The van der Waals surface area contributed by atoms with E-state index < -0.39 is 11.8 Å². The number of fused-ring (bicyclic) bond motifs is 1. The number of benzene rings is 1. The molecule has 5 heteroatoms. The Morgan fingerprint density at radius 3 is 2.65 bits per heavy atom. The fourth-order valence-corrected chi connectivity index (χ4v) is 3.60. The summed E-state index contributed by atoms with van der Waals surface area (Å²) < 4.78 is 5.91. The molecule has 102 valence electrons. The van der Waals surface area contributed by atoms with E-state index in [0.717, 1.165) is 18.4 Å². The van der Waals surface area contributed by atoms with Gasteiger partial charge >= 0.3 is 5.66 Å². The Morgan fingerprint density at radius 1 is 1.25 bits per heavy atom. The third kappa shape index (κ3) is 1.35. The lowest BCUT2D eigenvalue weighted by atomic mass is 9.67. The predicted molar refractivity (Wildman–Crippen MR) is 72.9 cm³/mol. The maximum absolute atomic E-state index is 11.7. The number of nitro groups is 1. The Kier molecular flexibility index (Phi) is 2.28. The van der Waals surface area contributed by atoms with Crippen molar-refractivity contribution in [3.8, 4) is 0 Å². The molecule has 5 rings (SSSR count). The van der Waals surface area contributed by atoms with E-state index in [2.05, 4.69) is 11.1 Å². The van der Waals surface area contributed by atoms with Crippen molar-refractivity contribution in [2.45, 2.75) is 24.6 Å². The predicted octanol–water partition coefficient (Wildman–Crippen LogP) is 2.40. The molecule has 1 aromatic rings. The average molecular weight is 270 g/mol. The topological polar surface area (TPSA) is 64.7 Å². The van der Waals surface area contributed by atoms with Gasteiger partial charge in [-0.25, -0.2) is 0 Å². The Balaban J connectivity index is 1.83. The first-order valence-corrected chi connectivity index (χ1v) is 6.86. The fourth-order valence-electron chi connectivity index (χ4n) is 3.60. The monoisotopic (exact) mass is 270 g/mol. The van der Waals surface area contributed by atoms with Crippen LogP contribution in [0.3, 0.4) is 0 Å². The van der Waals surface area contributed by atoms with Crippen molar-refractivity contribution in [3.05, 3.63) is 58.2 Å². The van der Waals surface area contributed by atoms with E-state index in [1.807, 2.05) is 36.4 Å². The zero-order chi connectivity index (χ0) is 13.7. The van der Waals surface area contributed by atoms with Gasteiger partial charge in [0.25, 0.3) is 0 Å². The van der Waals surface area contributed by atoms with E-state index in [1.165, 1.54) is 0 Å². The SMILES string of the molecule is O=[N+]([O-])[C@@]12N=C(c3ccccc3)O[C@@H]1[C@@H]1C=C[C@H]2CC1. The van der Waals surface area contributed by atoms with Crippen molar-refractivity contribution in [2.24, 2.45) is 16.8 Å². The van der Waals surface area contributed by atoms with E-state index >= 15 is 0 Å².